The lowest BCUT2D eigenvalue weighted by molar-refractivity contribution is 0.0979. The van der Waals surface area contributed by atoms with Gasteiger partial charge in [-0.1, -0.05) is 24.3 Å². The van der Waals surface area contributed by atoms with Gasteiger partial charge in [-0.3, -0.25) is 14.6 Å². The summed E-state index contributed by atoms with van der Waals surface area (Å²) in [6, 6.07) is 21.3. The van der Waals surface area contributed by atoms with Gasteiger partial charge >= 0.3 is 0 Å². The molecule has 214 valence electrons. The fourth-order valence-corrected chi connectivity index (χ4v) is 6.36. The molecule has 0 unspecified atom stereocenters. The topological polar surface area (TPSA) is 78.7 Å². The van der Waals surface area contributed by atoms with Gasteiger partial charge in [0.2, 0.25) is 0 Å². The maximum atomic E-state index is 14.1. The van der Waals surface area contributed by atoms with E-state index in [2.05, 4.69) is 4.98 Å². The van der Waals surface area contributed by atoms with Crippen LogP contribution >= 0.6 is 0 Å². The molecule has 42 heavy (non-hydrogen) atoms. The summed E-state index contributed by atoms with van der Waals surface area (Å²) in [4.78, 5) is 35.6. The van der Waals surface area contributed by atoms with Crippen LogP contribution in [-0.2, 0) is 13.1 Å². The van der Waals surface area contributed by atoms with Crippen LogP contribution in [0.1, 0.15) is 75.1 Å². The van der Waals surface area contributed by atoms with E-state index in [1.165, 1.54) is 5.57 Å². The summed E-state index contributed by atoms with van der Waals surface area (Å²) in [5.41, 5.74) is 9.78. The van der Waals surface area contributed by atoms with Gasteiger partial charge in [-0.15, -0.1) is 0 Å². The number of para-hydroxylation sites is 1. The number of benzene rings is 2. The molecule has 2 aromatic heterocycles. The Hall–Kier alpha value is -4.49. The third-order valence-corrected chi connectivity index (χ3v) is 8.79. The lowest BCUT2D eigenvalue weighted by Crippen LogP contribution is -2.31. The molecule has 1 N–H and O–H groups in total. The molecule has 0 radical (unpaired) electrons. The second kappa shape index (κ2) is 11.1. The first kappa shape index (κ1) is 27.7. The number of carbonyl (C=O) groups excluding carboxylic acids is 2. The van der Waals surface area contributed by atoms with Crippen LogP contribution in [0.3, 0.4) is 0 Å². The molecule has 1 aliphatic heterocycles. The largest absolute Gasteiger partial charge is 0.389 e. The van der Waals surface area contributed by atoms with Crippen molar-refractivity contribution in [3.63, 3.8) is 0 Å². The molecular weight excluding hydrogens is 524 g/mol. The van der Waals surface area contributed by atoms with Crippen molar-refractivity contribution in [2.45, 2.75) is 59.2 Å². The maximum absolute atomic E-state index is 14.1. The van der Waals surface area contributed by atoms with E-state index in [1.807, 2.05) is 97.0 Å². The van der Waals surface area contributed by atoms with E-state index in [0.29, 0.717) is 24.3 Å². The standard InChI is InChI=1S/C35H36N4O3/c1-22-19-25(14-16-28(22)29-10-7-13-33(40)23(29)2)34(41)39-21-27-15-17-32(38(27)20-26-9-5-6-11-31(26)39)35(42)37(4)30-12-8-18-36-24(30)3/h5-6,8-9,11-12,14-19,33,40H,7,10,13,20-21H2,1-4H3/t33-/m1/s1. The number of aliphatic hydroxyl groups is 1. The first-order valence-electron chi connectivity index (χ1n) is 14.5. The van der Waals surface area contributed by atoms with Crippen LogP contribution in [0.5, 0.6) is 0 Å². The monoisotopic (exact) mass is 560 g/mol. The molecule has 0 fully saturated rings. The van der Waals surface area contributed by atoms with Gasteiger partial charge in [0.25, 0.3) is 11.8 Å². The Kier molecular flexibility index (Phi) is 7.29. The molecule has 2 aliphatic rings. The van der Waals surface area contributed by atoms with Gasteiger partial charge in [-0.05, 0) is 110 Å². The summed E-state index contributed by atoms with van der Waals surface area (Å²) in [7, 11) is 1.77. The third kappa shape index (κ3) is 4.84. The van der Waals surface area contributed by atoms with Crippen molar-refractivity contribution in [3.8, 4) is 0 Å². The number of fused-ring (bicyclic) bond motifs is 2. The summed E-state index contributed by atoms with van der Waals surface area (Å²) >= 11 is 0. The van der Waals surface area contributed by atoms with E-state index in [-0.39, 0.29) is 11.8 Å². The molecular formula is C35H36N4O3. The van der Waals surface area contributed by atoms with Gasteiger partial charge in [0.05, 0.1) is 30.6 Å². The number of rotatable bonds is 4. The van der Waals surface area contributed by atoms with Crippen LogP contribution in [0.2, 0.25) is 0 Å². The minimum Gasteiger partial charge on any atom is -0.389 e. The zero-order valence-electron chi connectivity index (χ0n) is 24.6. The Bertz CT molecular complexity index is 1730. The second-order valence-electron chi connectivity index (χ2n) is 11.4. The fraction of sp³-hybridized carbons (Fsp3) is 0.286. The highest BCUT2D eigenvalue weighted by Gasteiger charge is 2.29. The Balaban J connectivity index is 1.34. The third-order valence-electron chi connectivity index (χ3n) is 8.79. The molecule has 0 bridgehead atoms. The number of hydrogen-bond donors (Lipinski definition) is 1. The van der Waals surface area contributed by atoms with Crippen LogP contribution in [0.25, 0.3) is 5.57 Å². The number of aromatic nitrogens is 2. The predicted octanol–water partition coefficient (Wildman–Crippen LogP) is 6.30. The Morgan fingerprint density at radius 2 is 1.79 bits per heavy atom. The van der Waals surface area contributed by atoms with Crippen LogP contribution in [-0.4, -0.2) is 39.6 Å². The minimum atomic E-state index is -0.399. The van der Waals surface area contributed by atoms with Crippen molar-refractivity contribution in [2.24, 2.45) is 0 Å². The summed E-state index contributed by atoms with van der Waals surface area (Å²) in [6.45, 7) is 6.76. The maximum Gasteiger partial charge on any atom is 0.274 e. The van der Waals surface area contributed by atoms with E-state index in [1.54, 1.807) is 18.1 Å². The molecule has 2 aromatic carbocycles. The number of anilines is 2. The van der Waals surface area contributed by atoms with E-state index in [9.17, 15) is 14.7 Å². The number of nitrogens with zero attached hydrogens (tertiary/aromatic N) is 4. The number of aliphatic hydroxyl groups excluding tert-OH is 1. The van der Waals surface area contributed by atoms with Crippen LogP contribution in [0, 0.1) is 13.8 Å². The molecule has 7 nitrogen and oxygen atoms in total. The fourth-order valence-electron chi connectivity index (χ4n) is 6.36. The Morgan fingerprint density at radius 1 is 0.976 bits per heavy atom. The van der Waals surface area contributed by atoms with Crippen LogP contribution in [0.15, 0.2) is 78.5 Å². The van der Waals surface area contributed by atoms with E-state index in [4.69, 9.17) is 0 Å². The highest BCUT2D eigenvalue weighted by atomic mass is 16.3. The number of amides is 2. The number of pyridine rings is 1. The highest BCUT2D eigenvalue weighted by molar-refractivity contribution is 6.07. The van der Waals surface area contributed by atoms with E-state index >= 15 is 0 Å². The minimum absolute atomic E-state index is 0.0860. The predicted molar refractivity (Wildman–Crippen MR) is 166 cm³/mol. The van der Waals surface area contributed by atoms with Gasteiger partial charge in [-0.2, -0.15) is 0 Å². The molecule has 0 saturated heterocycles. The molecule has 7 heteroatoms. The molecule has 3 heterocycles. The summed E-state index contributed by atoms with van der Waals surface area (Å²) in [6.07, 6.45) is 4.01. The SMILES string of the molecule is CC1=C(c2ccc(C(=O)N3Cc4ccc(C(=O)N(C)c5cccnc5C)n4Cc4ccccc43)cc2C)CCC[C@H]1O. The number of carbonyl (C=O) groups is 2. The van der Waals surface area contributed by atoms with Crippen LogP contribution < -0.4 is 9.80 Å². The molecule has 0 spiro atoms. The Labute approximate surface area is 246 Å². The van der Waals surface area contributed by atoms with Gasteiger partial charge in [0, 0.05) is 30.2 Å². The summed E-state index contributed by atoms with van der Waals surface area (Å²) < 4.78 is 2.02. The molecule has 1 aliphatic carbocycles. The smallest absolute Gasteiger partial charge is 0.274 e. The van der Waals surface area contributed by atoms with Crippen molar-refractivity contribution in [1.82, 2.24) is 9.55 Å². The first-order chi connectivity index (χ1) is 20.2. The molecule has 6 rings (SSSR count). The zero-order chi connectivity index (χ0) is 29.5. The molecule has 1 atom stereocenters. The molecule has 2 amide bonds. The van der Waals surface area contributed by atoms with Gasteiger partial charge in [-0.25, -0.2) is 0 Å². The van der Waals surface area contributed by atoms with E-state index < -0.39 is 6.10 Å². The average Bonchev–Trinajstić information content (AvgIpc) is 3.30. The average molecular weight is 561 g/mol. The van der Waals surface area contributed by atoms with Crippen molar-refractivity contribution in [3.05, 3.63) is 118 Å². The first-order valence-corrected chi connectivity index (χ1v) is 14.5. The zero-order valence-corrected chi connectivity index (χ0v) is 24.6. The van der Waals surface area contributed by atoms with Crippen molar-refractivity contribution < 1.29 is 14.7 Å². The van der Waals surface area contributed by atoms with Crippen LogP contribution in [0.4, 0.5) is 11.4 Å². The van der Waals surface area contributed by atoms with Crippen molar-refractivity contribution >= 4 is 28.8 Å². The lowest BCUT2D eigenvalue weighted by Gasteiger charge is -2.25. The van der Waals surface area contributed by atoms with E-state index in [0.717, 1.165) is 64.3 Å². The van der Waals surface area contributed by atoms with Gasteiger partial charge in [0.15, 0.2) is 0 Å². The number of hydrogen-bond acceptors (Lipinski definition) is 4. The summed E-state index contributed by atoms with van der Waals surface area (Å²) in [5, 5.41) is 10.4. The lowest BCUT2D eigenvalue weighted by atomic mass is 9.84. The second-order valence-corrected chi connectivity index (χ2v) is 11.4. The van der Waals surface area contributed by atoms with Gasteiger partial charge in [0.1, 0.15) is 5.69 Å². The molecule has 4 aromatic rings. The summed E-state index contributed by atoms with van der Waals surface area (Å²) in [5.74, 6) is -0.213. The molecule has 0 saturated carbocycles. The quantitative estimate of drug-likeness (QED) is 0.318. The number of allylic oxidation sites excluding steroid dienone is 1. The highest BCUT2D eigenvalue weighted by Crippen LogP contribution is 2.35. The van der Waals surface area contributed by atoms with Crippen molar-refractivity contribution in [2.75, 3.05) is 16.8 Å². The van der Waals surface area contributed by atoms with Crippen molar-refractivity contribution in [1.29, 1.82) is 0 Å². The number of aryl methyl sites for hydroxylation is 2. The van der Waals surface area contributed by atoms with Gasteiger partial charge < -0.3 is 19.5 Å². The normalized spacial score (nSPS) is 16.5. The Morgan fingerprint density at radius 3 is 2.57 bits per heavy atom.